The summed E-state index contributed by atoms with van der Waals surface area (Å²) in [5.74, 6) is 1.36. The number of para-hydroxylation sites is 1. The molecule has 1 spiro atoms. The predicted octanol–water partition coefficient (Wildman–Crippen LogP) is 4.46. The number of hydrogen-bond donors (Lipinski definition) is 0. The van der Waals surface area contributed by atoms with E-state index in [1.807, 2.05) is 24.4 Å². The molecule has 0 aliphatic carbocycles. The van der Waals surface area contributed by atoms with Crippen molar-refractivity contribution >= 4 is 28.4 Å². The lowest BCUT2D eigenvalue weighted by Gasteiger charge is -2.44. The molecule has 2 aliphatic rings. The SMILES string of the molecule is COc1cc2ccc3c(c2cn1)N=CC1(O3)N(C)c2ccccc2C1(C)C. The van der Waals surface area contributed by atoms with Crippen molar-refractivity contribution in [2.24, 2.45) is 4.99 Å². The number of ether oxygens (including phenoxy) is 2. The van der Waals surface area contributed by atoms with E-state index < -0.39 is 5.72 Å². The van der Waals surface area contributed by atoms with Crippen molar-refractivity contribution in [2.45, 2.75) is 25.0 Å². The third-order valence-electron chi connectivity index (χ3n) is 5.99. The second kappa shape index (κ2) is 5.22. The molecule has 3 aromatic rings. The molecule has 0 saturated heterocycles. The summed E-state index contributed by atoms with van der Waals surface area (Å²) < 4.78 is 11.9. The molecule has 136 valence electrons. The fourth-order valence-electron chi connectivity index (χ4n) is 4.37. The van der Waals surface area contributed by atoms with E-state index in [1.165, 1.54) is 11.3 Å². The smallest absolute Gasteiger partial charge is 0.228 e. The van der Waals surface area contributed by atoms with E-state index in [0.29, 0.717) is 5.88 Å². The summed E-state index contributed by atoms with van der Waals surface area (Å²) in [5.41, 5.74) is 2.32. The molecular weight excluding hydrogens is 338 g/mol. The third-order valence-corrected chi connectivity index (χ3v) is 5.99. The van der Waals surface area contributed by atoms with Crippen molar-refractivity contribution in [1.29, 1.82) is 0 Å². The number of hydrogen-bond acceptors (Lipinski definition) is 5. The van der Waals surface area contributed by atoms with Gasteiger partial charge in [-0.1, -0.05) is 24.3 Å². The van der Waals surface area contributed by atoms with Crippen LogP contribution < -0.4 is 14.4 Å². The maximum absolute atomic E-state index is 6.67. The minimum atomic E-state index is -0.669. The lowest BCUT2D eigenvalue weighted by molar-refractivity contribution is 0.0826. The summed E-state index contributed by atoms with van der Waals surface area (Å²) in [6, 6.07) is 14.4. The van der Waals surface area contributed by atoms with Gasteiger partial charge >= 0.3 is 0 Å². The Hall–Kier alpha value is -3.08. The molecule has 1 atom stereocenters. The first-order valence-electron chi connectivity index (χ1n) is 9.02. The van der Waals surface area contributed by atoms with Crippen LogP contribution in [0, 0.1) is 0 Å². The fraction of sp³-hybridized carbons (Fsp3) is 0.273. The molecule has 0 fully saturated rings. The molecule has 2 aromatic carbocycles. The molecule has 0 radical (unpaired) electrons. The second-order valence-corrected chi connectivity index (χ2v) is 7.62. The van der Waals surface area contributed by atoms with Crippen molar-refractivity contribution in [2.75, 3.05) is 19.1 Å². The van der Waals surface area contributed by atoms with Crippen LogP contribution in [0.25, 0.3) is 10.8 Å². The van der Waals surface area contributed by atoms with E-state index in [0.717, 1.165) is 22.2 Å². The van der Waals surface area contributed by atoms with E-state index in [-0.39, 0.29) is 5.41 Å². The van der Waals surface area contributed by atoms with Gasteiger partial charge in [0.25, 0.3) is 0 Å². The van der Waals surface area contributed by atoms with Gasteiger partial charge in [0.15, 0.2) is 0 Å². The van der Waals surface area contributed by atoms with Crippen molar-refractivity contribution in [3.63, 3.8) is 0 Å². The molecule has 1 unspecified atom stereocenters. The number of aliphatic imine (C=N–C) groups is 1. The second-order valence-electron chi connectivity index (χ2n) is 7.62. The predicted molar refractivity (Wildman–Crippen MR) is 108 cm³/mol. The number of likely N-dealkylation sites (N-methyl/N-ethyl adjacent to an activating group) is 1. The summed E-state index contributed by atoms with van der Waals surface area (Å²) in [6.45, 7) is 4.42. The monoisotopic (exact) mass is 359 g/mol. The van der Waals surface area contributed by atoms with Crippen LogP contribution in [0.2, 0.25) is 0 Å². The van der Waals surface area contributed by atoms with Gasteiger partial charge in [0.2, 0.25) is 11.6 Å². The highest BCUT2D eigenvalue weighted by Crippen LogP contribution is 2.54. The van der Waals surface area contributed by atoms with E-state index in [9.17, 15) is 0 Å². The number of anilines is 1. The van der Waals surface area contributed by atoms with Crippen LogP contribution in [-0.2, 0) is 5.41 Å². The van der Waals surface area contributed by atoms with E-state index in [1.54, 1.807) is 13.3 Å². The van der Waals surface area contributed by atoms with Gasteiger partial charge in [-0.3, -0.25) is 4.99 Å². The van der Waals surface area contributed by atoms with Crippen LogP contribution in [0.3, 0.4) is 0 Å². The van der Waals surface area contributed by atoms with Gasteiger partial charge in [-0.15, -0.1) is 0 Å². The fourth-order valence-corrected chi connectivity index (χ4v) is 4.37. The van der Waals surface area contributed by atoms with Crippen molar-refractivity contribution in [3.8, 4) is 11.6 Å². The number of pyridine rings is 1. The zero-order valence-corrected chi connectivity index (χ0v) is 15.9. The summed E-state index contributed by atoms with van der Waals surface area (Å²) in [6.07, 6.45) is 3.74. The Kier molecular flexibility index (Phi) is 3.12. The lowest BCUT2D eigenvalue weighted by atomic mass is 9.77. The molecule has 5 nitrogen and oxygen atoms in total. The maximum Gasteiger partial charge on any atom is 0.228 e. The highest BCUT2D eigenvalue weighted by Gasteiger charge is 2.58. The Morgan fingerprint density at radius 3 is 2.70 bits per heavy atom. The lowest BCUT2D eigenvalue weighted by Crippen LogP contribution is -2.61. The van der Waals surface area contributed by atoms with Crippen LogP contribution in [0.4, 0.5) is 11.4 Å². The third kappa shape index (κ3) is 1.94. The maximum atomic E-state index is 6.67. The molecule has 1 aromatic heterocycles. The molecular formula is C22H21N3O2. The number of nitrogens with zero attached hydrogens (tertiary/aromatic N) is 3. The zero-order chi connectivity index (χ0) is 18.8. The van der Waals surface area contributed by atoms with Gasteiger partial charge in [0, 0.05) is 30.4 Å². The normalized spacial score (nSPS) is 21.9. The summed E-state index contributed by atoms with van der Waals surface area (Å²) in [5, 5.41) is 1.98. The molecule has 5 heteroatoms. The molecule has 0 bridgehead atoms. The molecule has 0 amide bonds. The quantitative estimate of drug-likeness (QED) is 0.643. The summed E-state index contributed by atoms with van der Waals surface area (Å²) in [4.78, 5) is 11.4. The minimum Gasteiger partial charge on any atom is -0.481 e. The standard InChI is InChI=1S/C22H21N3O2/c1-21(2)16-7-5-6-8-17(16)25(3)22(21)13-24-20-15-12-23-19(26-4)11-14(15)9-10-18(20)27-22/h5-13H,1-4H3. The molecule has 0 N–H and O–H groups in total. The Morgan fingerprint density at radius 2 is 1.93 bits per heavy atom. The number of fused-ring (bicyclic) bond motifs is 4. The first-order valence-corrected chi connectivity index (χ1v) is 9.02. The van der Waals surface area contributed by atoms with Crippen LogP contribution in [0.1, 0.15) is 19.4 Å². The van der Waals surface area contributed by atoms with Crippen molar-refractivity contribution in [1.82, 2.24) is 4.98 Å². The van der Waals surface area contributed by atoms with E-state index >= 15 is 0 Å². The average Bonchev–Trinajstić information content (AvgIpc) is 2.86. The van der Waals surface area contributed by atoms with Gasteiger partial charge < -0.3 is 14.4 Å². The number of benzene rings is 2. The van der Waals surface area contributed by atoms with Crippen LogP contribution in [-0.4, -0.2) is 31.1 Å². The van der Waals surface area contributed by atoms with Crippen molar-refractivity contribution < 1.29 is 9.47 Å². The van der Waals surface area contributed by atoms with E-state index in [2.05, 4.69) is 55.0 Å². The van der Waals surface area contributed by atoms with Gasteiger partial charge in [0.1, 0.15) is 11.4 Å². The van der Waals surface area contributed by atoms with Crippen LogP contribution >= 0.6 is 0 Å². The van der Waals surface area contributed by atoms with Crippen LogP contribution in [0.15, 0.2) is 53.7 Å². The van der Waals surface area contributed by atoms with Crippen molar-refractivity contribution in [3.05, 3.63) is 54.2 Å². The van der Waals surface area contributed by atoms with Gasteiger partial charge in [0.05, 0.1) is 18.7 Å². The highest BCUT2D eigenvalue weighted by molar-refractivity contribution is 5.99. The molecule has 27 heavy (non-hydrogen) atoms. The Morgan fingerprint density at radius 1 is 1.11 bits per heavy atom. The Bertz CT molecular complexity index is 1110. The highest BCUT2D eigenvalue weighted by atomic mass is 16.5. The zero-order valence-electron chi connectivity index (χ0n) is 15.9. The molecule has 0 saturated carbocycles. The largest absolute Gasteiger partial charge is 0.481 e. The van der Waals surface area contributed by atoms with E-state index in [4.69, 9.17) is 14.5 Å². The molecule has 3 heterocycles. The number of methoxy groups -OCH3 is 1. The first-order chi connectivity index (χ1) is 13.0. The molecule has 5 rings (SSSR count). The summed E-state index contributed by atoms with van der Waals surface area (Å²) in [7, 11) is 3.69. The first kappa shape index (κ1) is 16.1. The van der Waals surface area contributed by atoms with Crippen LogP contribution in [0.5, 0.6) is 11.6 Å². The van der Waals surface area contributed by atoms with Gasteiger partial charge in [-0.05, 0) is 36.9 Å². The van der Waals surface area contributed by atoms with Gasteiger partial charge in [-0.2, -0.15) is 0 Å². The minimum absolute atomic E-state index is 0.257. The Balaban J connectivity index is 1.67. The topological polar surface area (TPSA) is 47.0 Å². The average molecular weight is 359 g/mol. The van der Waals surface area contributed by atoms with Gasteiger partial charge in [-0.25, -0.2) is 4.98 Å². The summed E-state index contributed by atoms with van der Waals surface area (Å²) >= 11 is 0. The molecule has 2 aliphatic heterocycles. The number of aromatic nitrogens is 1. The Labute approximate surface area is 158 Å². The number of rotatable bonds is 1.